The predicted octanol–water partition coefficient (Wildman–Crippen LogP) is 4.27. The van der Waals surface area contributed by atoms with Crippen LogP contribution in [0.15, 0.2) is 65.2 Å². The first kappa shape index (κ1) is 21.8. The molecule has 0 aliphatic carbocycles. The summed E-state index contributed by atoms with van der Waals surface area (Å²) in [5.74, 6) is 0.410. The maximum absolute atomic E-state index is 11.5. The van der Waals surface area contributed by atoms with Crippen LogP contribution in [-0.4, -0.2) is 42.2 Å². The summed E-state index contributed by atoms with van der Waals surface area (Å²) in [5.41, 5.74) is 1.74. The number of nitrogens with one attached hydrogen (secondary N) is 2. The normalized spacial score (nSPS) is 13.3. The number of anilines is 4. The summed E-state index contributed by atoms with van der Waals surface area (Å²) in [5, 5.41) is 16.4. The maximum Gasteiger partial charge on any atom is 0.247 e. The minimum atomic E-state index is -0.247. The molecule has 0 radical (unpaired) electrons. The summed E-state index contributed by atoms with van der Waals surface area (Å²) >= 11 is 2.80. The minimum Gasteiger partial charge on any atom is -0.378 e. The second kappa shape index (κ2) is 10.3. The number of hydrogen-bond acceptors (Lipinski definition) is 9. The van der Waals surface area contributed by atoms with Crippen LogP contribution in [0, 0.1) is 11.3 Å². The van der Waals surface area contributed by atoms with Crippen LogP contribution < -0.4 is 15.5 Å². The predicted molar refractivity (Wildman–Crippen MR) is 127 cm³/mol. The van der Waals surface area contributed by atoms with Gasteiger partial charge >= 0.3 is 0 Å². The number of amides is 1. The Hall–Kier alpha value is -3.39. The highest BCUT2D eigenvalue weighted by Gasteiger charge is 2.15. The molecule has 1 amide bonds. The van der Waals surface area contributed by atoms with E-state index in [1.807, 2.05) is 30.3 Å². The molecule has 10 heteroatoms. The first-order chi connectivity index (χ1) is 15.6. The van der Waals surface area contributed by atoms with E-state index in [0.717, 1.165) is 28.7 Å². The molecule has 162 valence electrons. The van der Waals surface area contributed by atoms with Crippen molar-refractivity contribution >= 4 is 51.3 Å². The number of nitrogens with zero attached hydrogens (tertiary/aromatic N) is 4. The highest BCUT2D eigenvalue weighted by molar-refractivity contribution is 7.99. The van der Waals surface area contributed by atoms with Gasteiger partial charge in [0.1, 0.15) is 21.8 Å². The number of hydrogen-bond donors (Lipinski definition) is 2. The van der Waals surface area contributed by atoms with Crippen molar-refractivity contribution in [3.05, 3.63) is 60.1 Å². The van der Waals surface area contributed by atoms with Crippen LogP contribution in [0.3, 0.4) is 0 Å². The molecule has 32 heavy (non-hydrogen) atoms. The first-order valence-electron chi connectivity index (χ1n) is 9.82. The standard InChI is InChI=1S/C22H20N6O2S2/c1-2-20(29)25-15-3-5-17(6-4-15)31-21-12-16(28-7-9-30-10-8-28)11-19(26-21)27-22-24-14-18(13-23)32-22/h2-6,11-12,14H,1,7-10H2,(H,25,29)(H,24,26,27). The van der Waals surface area contributed by atoms with Gasteiger partial charge in [0, 0.05) is 35.4 Å². The zero-order valence-corrected chi connectivity index (χ0v) is 18.7. The van der Waals surface area contributed by atoms with Crippen LogP contribution in [0.2, 0.25) is 0 Å². The van der Waals surface area contributed by atoms with Crippen LogP contribution in [0.1, 0.15) is 4.88 Å². The van der Waals surface area contributed by atoms with Crippen molar-refractivity contribution in [3.8, 4) is 6.07 Å². The second-order valence-electron chi connectivity index (χ2n) is 6.73. The van der Waals surface area contributed by atoms with Crippen LogP contribution >= 0.6 is 23.1 Å². The molecule has 0 unspecified atom stereocenters. The maximum atomic E-state index is 11.5. The van der Waals surface area contributed by atoms with Crippen LogP contribution in [0.4, 0.5) is 22.3 Å². The lowest BCUT2D eigenvalue weighted by Gasteiger charge is -2.29. The lowest BCUT2D eigenvalue weighted by atomic mass is 10.3. The fraction of sp³-hybridized carbons (Fsp3) is 0.182. The molecule has 2 aromatic heterocycles. The van der Waals surface area contributed by atoms with E-state index < -0.39 is 0 Å². The molecule has 1 aliphatic heterocycles. The van der Waals surface area contributed by atoms with Gasteiger partial charge in [-0.15, -0.1) is 0 Å². The number of thiazole rings is 1. The Kier molecular flexibility index (Phi) is 7.01. The molecule has 1 aliphatic rings. The Morgan fingerprint density at radius 3 is 2.75 bits per heavy atom. The SMILES string of the molecule is C=CC(=O)Nc1ccc(Sc2cc(N3CCOCC3)cc(Nc3ncc(C#N)s3)n2)cc1. The van der Waals surface area contributed by atoms with Crippen molar-refractivity contribution in [1.29, 1.82) is 5.26 Å². The molecule has 0 bridgehead atoms. The fourth-order valence-electron chi connectivity index (χ4n) is 3.03. The highest BCUT2D eigenvalue weighted by Crippen LogP contribution is 2.33. The van der Waals surface area contributed by atoms with Gasteiger partial charge in [-0.3, -0.25) is 4.79 Å². The van der Waals surface area contributed by atoms with Gasteiger partial charge < -0.3 is 20.3 Å². The van der Waals surface area contributed by atoms with Gasteiger partial charge in [0.2, 0.25) is 5.91 Å². The Morgan fingerprint density at radius 2 is 2.06 bits per heavy atom. The minimum absolute atomic E-state index is 0.247. The van der Waals surface area contributed by atoms with Gasteiger partial charge in [-0.05, 0) is 36.4 Å². The third kappa shape index (κ3) is 5.64. The van der Waals surface area contributed by atoms with Crippen molar-refractivity contribution in [3.63, 3.8) is 0 Å². The van der Waals surface area contributed by atoms with Gasteiger partial charge in [-0.2, -0.15) is 5.26 Å². The molecule has 2 N–H and O–H groups in total. The molecule has 0 atom stereocenters. The van der Waals surface area contributed by atoms with Crippen molar-refractivity contribution in [2.75, 3.05) is 41.8 Å². The number of nitriles is 1. The number of rotatable bonds is 7. The van der Waals surface area contributed by atoms with E-state index in [2.05, 4.69) is 39.2 Å². The highest BCUT2D eigenvalue weighted by atomic mass is 32.2. The Labute approximate surface area is 193 Å². The summed E-state index contributed by atoms with van der Waals surface area (Å²) in [6.45, 7) is 6.44. The molecule has 0 saturated carbocycles. The Morgan fingerprint density at radius 1 is 1.28 bits per heavy atom. The number of carbonyl (C=O) groups excluding carboxylic acids is 1. The third-order valence-electron chi connectivity index (χ3n) is 4.54. The van der Waals surface area contributed by atoms with Crippen molar-refractivity contribution in [2.24, 2.45) is 0 Å². The Balaban J connectivity index is 1.57. The summed E-state index contributed by atoms with van der Waals surface area (Å²) < 4.78 is 5.48. The van der Waals surface area contributed by atoms with E-state index in [1.165, 1.54) is 29.2 Å². The van der Waals surface area contributed by atoms with Gasteiger partial charge in [0.05, 0.1) is 19.4 Å². The number of benzene rings is 1. The molecule has 0 spiro atoms. The zero-order valence-electron chi connectivity index (χ0n) is 17.1. The number of aromatic nitrogens is 2. The van der Waals surface area contributed by atoms with Gasteiger partial charge in [0.25, 0.3) is 0 Å². The van der Waals surface area contributed by atoms with Crippen LogP contribution in [-0.2, 0) is 9.53 Å². The smallest absolute Gasteiger partial charge is 0.247 e. The van der Waals surface area contributed by atoms with E-state index in [4.69, 9.17) is 15.0 Å². The molecule has 3 aromatic rings. The van der Waals surface area contributed by atoms with E-state index in [-0.39, 0.29) is 5.91 Å². The molecule has 8 nitrogen and oxygen atoms in total. The molecular weight excluding hydrogens is 444 g/mol. The summed E-state index contributed by atoms with van der Waals surface area (Å²) in [7, 11) is 0. The van der Waals surface area contributed by atoms with E-state index in [9.17, 15) is 4.79 Å². The quantitative estimate of drug-likeness (QED) is 0.500. The van der Waals surface area contributed by atoms with E-state index >= 15 is 0 Å². The monoisotopic (exact) mass is 464 g/mol. The van der Waals surface area contributed by atoms with Crippen LogP contribution in [0.25, 0.3) is 0 Å². The van der Waals surface area contributed by atoms with Gasteiger partial charge in [-0.25, -0.2) is 9.97 Å². The van der Waals surface area contributed by atoms with E-state index in [0.29, 0.717) is 34.7 Å². The molecule has 3 heterocycles. The van der Waals surface area contributed by atoms with Crippen molar-refractivity contribution in [2.45, 2.75) is 9.92 Å². The van der Waals surface area contributed by atoms with Gasteiger partial charge in [0.15, 0.2) is 5.13 Å². The summed E-state index contributed by atoms with van der Waals surface area (Å²) in [4.78, 5) is 24.2. The molecule has 1 fully saturated rings. The van der Waals surface area contributed by atoms with Gasteiger partial charge in [-0.1, -0.05) is 29.7 Å². The van der Waals surface area contributed by atoms with Crippen molar-refractivity contribution in [1.82, 2.24) is 9.97 Å². The van der Waals surface area contributed by atoms with E-state index in [1.54, 1.807) is 6.20 Å². The summed E-state index contributed by atoms with van der Waals surface area (Å²) in [6, 6.07) is 13.7. The first-order valence-corrected chi connectivity index (χ1v) is 11.5. The second-order valence-corrected chi connectivity index (χ2v) is 8.86. The molecule has 1 aromatic carbocycles. The molecule has 1 saturated heterocycles. The number of ether oxygens (including phenoxy) is 1. The fourth-order valence-corrected chi connectivity index (χ4v) is 4.48. The molecular formula is C22H20N6O2S2. The number of pyridine rings is 1. The lowest BCUT2D eigenvalue weighted by molar-refractivity contribution is -0.111. The van der Waals surface area contributed by atoms with Crippen LogP contribution in [0.5, 0.6) is 0 Å². The number of morpholine rings is 1. The average Bonchev–Trinajstić information content (AvgIpc) is 3.28. The van der Waals surface area contributed by atoms with Crippen molar-refractivity contribution < 1.29 is 9.53 Å². The largest absolute Gasteiger partial charge is 0.378 e. The topological polar surface area (TPSA) is 103 Å². The zero-order chi connectivity index (χ0) is 22.3. The summed E-state index contributed by atoms with van der Waals surface area (Å²) in [6.07, 6.45) is 2.78. The molecule has 4 rings (SSSR count). The number of carbonyl (C=O) groups is 1. The lowest BCUT2D eigenvalue weighted by Crippen LogP contribution is -2.36. The third-order valence-corrected chi connectivity index (χ3v) is 6.29. The Bertz CT molecular complexity index is 1150. The average molecular weight is 465 g/mol.